The van der Waals surface area contributed by atoms with Gasteiger partial charge in [0.25, 0.3) is 0 Å². The second-order valence-electron chi connectivity index (χ2n) is 12.4. The third kappa shape index (κ3) is 14.1. The number of carbonyl (C=O) groups excluding carboxylic acids is 2. The maximum Gasteiger partial charge on any atom is 0.524 e. The van der Waals surface area contributed by atoms with Crippen molar-refractivity contribution in [2.75, 3.05) is 6.54 Å². The number of carbonyl (C=O) groups is 3. The molecule has 2 amide bonds. The molecule has 2 atom stereocenters. The van der Waals surface area contributed by atoms with Gasteiger partial charge in [0.05, 0.1) is 6.04 Å². The van der Waals surface area contributed by atoms with Gasteiger partial charge in [-0.3, -0.25) is 19.4 Å². The molecule has 44 heavy (non-hydrogen) atoms. The third-order valence-corrected chi connectivity index (χ3v) is 9.20. The van der Waals surface area contributed by atoms with E-state index in [0.717, 1.165) is 69.8 Å². The molecule has 0 spiro atoms. The molecule has 0 heterocycles. The molecular weight excluding hydrogens is 585 g/mol. The van der Waals surface area contributed by atoms with Crippen LogP contribution in [0.4, 0.5) is 0 Å². The Balaban J connectivity index is 1.55. The Morgan fingerprint density at radius 3 is 1.95 bits per heavy atom. The Morgan fingerprint density at radius 2 is 1.39 bits per heavy atom. The monoisotopic (exact) mass is 637 g/mol. The molecule has 0 radical (unpaired) electrons. The molecule has 1 aromatic rings. The Bertz CT molecular complexity index is 1060. The van der Waals surface area contributed by atoms with Crippen molar-refractivity contribution >= 4 is 25.6 Å². The number of phosphoric acid groups is 1. The molecule has 2 fully saturated rings. The SMILES string of the molecule is O=C(NCCCC[C@@H](NC(=O)[C@@H](Cc1ccc(OP(=O)(O)O)cc1)NC1CCCCCCC1)C(=O)O)C1CCCCCCC1. The number of nitrogens with one attached hydrogen (secondary N) is 3. The van der Waals surface area contributed by atoms with Crippen molar-refractivity contribution in [2.45, 2.75) is 134 Å². The zero-order chi connectivity index (χ0) is 31.8. The number of phosphoric ester groups is 1. The largest absolute Gasteiger partial charge is 0.524 e. The molecule has 6 N–H and O–H groups in total. The van der Waals surface area contributed by atoms with E-state index in [1.807, 2.05) is 0 Å². The van der Waals surface area contributed by atoms with E-state index >= 15 is 0 Å². The van der Waals surface area contributed by atoms with Gasteiger partial charge in [0.2, 0.25) is 11.8 Å². The van der Waals surface area contributed by atoms with E-state index in [-0.39, 0.29) is 36.5 Å². The second-order valence-corrected chi connectivity index (χ2v) is 13.6. The highest BCUT2D eigenvalue weighted by molar-refractivity contribution is 7.46. The van der Waals surface area contributed by atoms with Crippen LogP contribution in [0.5, 0.6) is 5.75 Å². The maximum atomic E-state index is 13.5. The van der Waals surface area contributed by atoms with Crippen molar-refractivity contribution in [3.63, 3.8) is 0 Å². The molecule has 12 heteroatoms. The zero-order valence-corrected chi connectivity index (χ0v) is 26.8. The smallest absolute Gasteiger partial charge is 0.480 e. The van der Waals surface area contributed by atoms with Crippen LogP contribution < -0.4 is 20.5 Å². The van der Waals surface area contributed by atoms with Gasteiger partial charge < -0.3 is 25.6 Å². The van der Waals surface area contributed by atoms with E-state index in [4.69, 9.17) is 9.79 Å². The van der Waals surface area contributed by atoms with Crippen LogP contribution in [0.25, 0.3) is 0 Å². The van der Waals surface area contributed by atoms with Crippen molar-refractivity contribution in [3.05, 3.63) is 29.8 Å². The maximum absolute atomic E-state index is 13.5. The first-order valence-corrected chi connectivity index (χ1v) is 18.0. The van der Waals surface area contributed by atoms with Gasteiger partial charge in [0.1, 0.15) is 11.8 Å². The van der Waals surface area contributed by atoms with Gasteiger partial charge in [0.15, 0.2) is 0 Å². The van der Waals surface area contributed by atoms with E-state index < -0.39 is 31.8 Å². The van der Waals surface area contributed by atoms with Gasteiger partial charge in [-0.05, 0) is 69.1 Å². The van der Waals surface area contributed by atoms with Crippen LogP contribution in [0.2, 0.25) is 0 Å². The highest BCUT2D eigenvalue weighted by Gasteiger charge is 2.28. The number of aliphatic carboxylic acids is 1. The van der Waals surface area contributed by atoms with Crippen LogP contribution in [0.1, 0.15) is 115 Å². The predicted molar refractivity (Wildman–Crippen MR) is 168 cm³/mol. The van der Waals surface area contributed by atoms with E-state index in [9.17, 15) is 24.1 Å². The van der Waals surface area contributed by atoms with E-state index in [1.54, 1.807) is 12.1 Å². The summed E-state index contributed by atoms with van der Waals surface area (Å²) in [5.41, 5.74) is 0.744. The van der Waals surface area contributed by atoms with Gasteiger partial charge in [0, 0.05) is 18.5 Å². The molecule has 0 saturated heterocycles. The van der Waals surface area contributed by atoms with Crippen molar-refractivity contribution in [1.29, 1.82) is 0 Å². The summed E-state index contributed by atoms with van der Waals surface area (Å²) in [6.45, 7) is 0.489. The molecule has 0 unspecified atom stereocenters. The van der Waals surface area contributed by atoms with E-state index in [1.165, 1.54) is 37.8 Å². The highest BCUT2D eigenvalue weighted by atomic mass is 31.2. The Labute approximate surface area is 261 Å². The fourth-order valence-corrected chi connectivity index (χ4v) is 6.67. The molecule has 1 aromatic carbocycles. The lowest BCUT2D eigenvalue weighted by Crippen LogP contribution is -2.53. The Morgan fingerprint density at radius 1 is 0.818 bits per heavy atom. The topological polar surface area (TPSA) is 174 Å². The summed E-state index contributed by atoms with van der Waals surface area (Å²) < 4.78 is 15.8. The normalized spacial score (nSPS) is 19.0. The second kappa shape index (κ2) is 19.1. The van der Waals surface area contributed by atoms with Crippen LogP contribution in [0.15, 0.2) is 24.3 Å². The van der Waals surface area contributed by atoms with E-state index in [0.29, 0.717) is 19.4 Å². The number of amides is 2. The third-order valence-electron chi connectivity index (χ3n) is 8.76. The number of benzene rings is 1. The summed E-state index contributed by atoms with van der Waals surface area (Å²) in [7, 11) is -4.68. The van der Waals surface area contributed by atoms with Crippen molar-refractivity contribution < 1.29 is 38.4 Å². The molecule has 3 rings (SSSR count). The van der Waals surface area contributed by atoms with Crippen molar-refractivity contribution in [1.82, 2.24) is 16.0 Å². The van der Waals surface area contributed by atoms with Crippen molar-refractivity contribution in [3.8, 4) is 5.75 Å². The van der Waals surface area contributed by atoms with Crippen LogP contribution in [-0.2, 0) is 25.4 Å². The lowest BCUT2D eigenvalue weighted by Gasteiger charge is -2.28. The first-order valence-electron chi connectivity index (χ1n) is 16.5. The van der Waals surface area contributed by atoms with Gasteiger partial charge in [-0.2, -0.15) is 0 Å². The summed E-state index contributed by atoms with van der Waals surface area (Å²) in [6.07, 6.45) is 16.9. The van der Waals surface area contributed by atoms with Gasteiger partial charge in [-0.1, -0.05) is 76.3 Å². The molecule has 0 bridgehead atoms. The standard InChI is InChI=1S/C32H52N3O8P/c36-30(25-13-7-3-1-4-8-14-25)33-22-12-11-17-28(32(38)39)35-31(37)29(34-26-15-9-5-2-6-10-16-26)23-24-18-20-27(21-19-24)43-44(40,41)42/h18-21,25-26,28-29,34H,1-17,22-23H2,(H,33,36)(H,35,37)(H,38,39)(H2,40,41,42)/t28-,29-/m1/s1. The Kier molecular flexibility index (Phi) is 15.7. The average molecular weight is 638 g/mol. The Hall–Kier alpha value is -2.46. The first-order chi connectivity index (χ1) is 21.1. The summed E-state index contributed by atoms with van der Waals surface area (Å²) in [6, 6.07) is 4.57. The zero-order valence-electron chi connectivity index (χ0n) is 25.9. The number of hydrogen-bond donors (Lipinski definition) is 6. The average Bonchev–Trinajstić information content (AvgIpc) is 2.92. The minimum absolute atomic E-state index is 0.0166. The quantitative estimate of drug-likeness (QED) is 0.114. The molecular formula is C32H52N3O8P. The van der Waals surface area contributed by atoms with Crippen molar-refractivity contribution in [2.24, 2.45) is 5.92 Å². The lowest BCUT2D eigenvalue weighted by atomic mass is 9.90. The number of unbranched alkanes of at least 4 members (excludes halogenated alkanes) is 1. The number of hydrogen-bond acceptors (Lipinski definition) is 6. The lowest BCUT2D eigenvalue weighted by molar-refractivity contribution is -0.142. The van der Waals surface area contributed by atoms with E-state index in [2.05, 4.69) is 20.5 Å². The first kappa shape index (κ1) is 36.0. The highest BCUT2D eigenvalue weighted by Crippen LogP contribution is 2.37. The van der Waals surface area contributed by atoms with Crippen LogP contribution in [0, 0.1) is 5.92 Å². The summed E-state index contributed by atoms with van der Waals surface area (Å²) in [4.78, 5) is 56.4. The van der Waals surface area contributed by atoms with Gasteiger partial charge in [-0.15, -0.1) is 0 Å². The fraction of sp³-hybridized carbons (Fsp3) is 0.719. The minimum Gasteiger partial charge on any atom is -0.480 e. The van der Waals surface area contributed by atoms with Crippen LogP contribution in [0.3, 0.4) is 0 Å². The summed E-state index contributed by atoms with van der Waals surface area (Å²) in [5.74, 6) is -1.31. The van der Waals surface area contributed by atoms with Gasteiger partial charge >= 0.3 is 13.8 Å². The molecule has 2 aliphatic carbocycles. The van der Waals surface area contributed by atoms with Crippen LogP contribution in [-0.4, -0.2) is 57.3 Å². The van der Waals surface area contributed by atoms with Gasteiger partial charge in [-0.25, -0.2) is 9.36 Å². The number of carboxylic acids is 1. The van der Waals surface area contributed by atoms with Crippen LogP contribution >= 0.6 is 7.82 Å². The molecule has 0 aliphatic heterocycles. The molecule has 2 saturated carbocycles. The molecule has 248 valence electrons. The molecule has 11 nitrogen and oxygen atoms in total. The number of carboxylic acid groups (broad SMARTS) is 1. The fourth-order valence-electron chi connectivity index (χ4n) is 6.27. The summed E-state index contributed by atoms with van der Waals surface area (Å²) >= 11 is 0. The molecule has 2 aliphatic rings. The summed E-state index contributed by atoms with van der Waals surface area (Å²) in [5, 5.41) is 19.1. The number of rotatable bonds is 15. The predicted octanol–water partition coefficient (Wildman–Crippen LogP) is 4.99. The molecule has 0 aromatic heterocycles. The minimum atomic E-state index is -4.68.